The molecule has 0 unspecified atom stereocenters. The van der Waals surface area contributed by atoms with Crippen molar-refractivity contribution in [1.82, 2.24) is 4.57 Å². The number of ether oxygens (including phenoxy) is 2. The van der Waals surface area contributed by atoms with Gasteiger partial charge < -0.3 is 34.5 Å². The summed E-state index contributed by atoms with van der Waals surface area (Å²) < 4.78 is 12.7. The number of hydrogen-bond donors (Lipinski definition) is 4. The number of aryl methyl sites for hydroxylation is 1. The van der Waals surface area contributed by atoms with Crippen LogP contribution in [0.1, 0.15) is 18.1 Å². The van der Waals surface area contributed by atoms with E-state index in [0.717, 1.165) is 12.0 Å². The fraction of sp³-hybridized carbons (Fsp3) is 0.450. The van der Waals surface area contributed by atoms with Crippen LogP contribution < -0.4 is 10.3 Å². The topological polar surface area (TPSA) is 121 Å². The molecule has 2 heterocycles. The molecule has 3 rings (SSSR count). The van der Waals surface area contributed by atoms with Gasteiger partial charge >= 0.3 is 0 Å². The lowest BCUT2D eigenvalue weighted by atomic mass is 9.99. The fourth-order valence-electron chi connectivity index (χ4n) is 3.12. The van der Waals surface area contributed by atoms with E-state index >= 15 is 0 Å². The molecule has 5 atom stereocenters. The molecule has 152 valence electrons. The zero-order chi connectivity index (χ0) is 20.3. The first-order valence-electron chi connectivity index (χ1n) is 9.19. The summed E-state index contributed by atoms with van der Waals surface area (Å²) in [5.41, 5.74) is 1.49. The van der Waals surface area contributed by atoms with Gasteiger partial charge in [-0.15, -0.1) is 0 Å². The van der Waals surface area contributed by atoms with Crippen LogP contribution >= 0.6 is 0 Å². The Morgan fingerprint density at radius 2 is 1.86 bits per heavy atom. The number of nitrogens with zero attached hydrogens (tertiary/aromatic N) is 1. The molecule has 8 heteroatoms. The Morgan fingerprint density at radius 1 is 1.11 bits per heavy atom. The average Bonchev–Trinajstić information content (AvgIpc) is 2.71. The molecule has 1 aliphatic heterocycles. The van der Waals surface area contributed by atoms with E-state index in [2.05, 4.69) is 0 Å². The molecule has 1 aromatic heterocycles. The summed E-state index contributed by atoms with van der Waals surface area (Å²) in [7, 11) is 0. The van der Waals surface area contributed by atoms with Gasteiger partial charge in [0.1, 0.15) is 30.2 Å². The van der Waals surface area contributed by atoms with Crippen LogP contribution in [0.25, 0.3) is 0 Å². The Kier molecular flexibility index (Phi) is 6.48. The van der Waals surface area contributed by atoms with E-state index in [4.69, 9.17) is 9.47 Å². The molecule has 1 fully saturated rings. The smallest absolute Gasteiger partial charge is 0.251 e. The van der Waals surface area contributed by atoms with Gasteiger partial charge in [-0.3, -0.25) is 4.79 Å². The van der Waals surface area contributed by atoms with E-state index in [9.17, 15) is 25.2 Å². The molecule has 1 aliphatic rings. The van der Waals surface area contributed by atoms with Crippen LogP contribution in [0.3, 0.4) is 0 Å². The van der Waals surface area contributed by atoms with E-state index in [1.54, 1.807) is 36.5 Å². The van der Waals surface area contributed by atoms with Gasteiger partial charge in [0.25, 0.3) is 5.56 Å². The van der Waals surface area contributed by atoms with Gasteiger partial charge in [-0.05, 0) is 24.1 Å². The molecule has 0 radical (unpaired) electrons. The van der Waals surface area contributed by atoms with Crippen molar-refractivity contribution in [2.45, 2.75) is 50.6 Å². The molecule has 1 saturated heterocycles. The monoisotopic (exact) mass is 391 g/mol. The highest BCUT2D eigenvalue weighted by Crippen LogP contribution is 2.26. The number of hydrogen-bond acceptors (Lipinski definition) is 7. The lowest BCUT2D eigenvalue weighted by Gasteiger charge is -2.39. The van der Waals surface area contributed by atoms with Crippen molar-refractivity contribution < 1.29 is 29.9 Å². The van der Waals surface area contributed by atoms with Crippen molar-refractivity contribution in [3.8, 4) is 5.75 Å². The van der Waals surface area contributed by atoms with E-state index in [-0.39, 0.29) is 12.1 Å². The van der Waals surface area contributed by atoms with E-state index < -0.39 is 37.3 Å². The molecule has 28 heavy (non-hydrogen) atoms. The summed E-state index contributed by atoms with van der Waals surface area (Å²) >= 11 is 0. The van der Waals surface area contributed by atoms with Crippen molar-refractivity contribution in [3.05, 3.63) is 64.1 Å². The predicted molar refractivity (Wildman–Crippen MR) is 100 cm³/mol. The van der Waals surface area contributed by atoms with Gasteiger partial charge in [0.2, 0.25) is 6.29 Å². The Hall–Kier alpha value is -2.23. The Bertz CT molecular complexity index is 850. The van der Waals surface area contributed by atoms with Crippen molar-refractivity contribution >= 4 is 0 Å². The molecule has 0 bridgehead atoms. The molecule has 0 amide bonds. The lowest BCUT2D eigenvalue weighted by Crippen LogP contribution is -2.60. The van der Waals surface area contributed by atoms with Crippen LogP contribution in [0.15, 0.2) is 47.4 Å². The maximum atomic E-state index is 12.3. The Labute approximate surface area is 162 Å². The highest BCUT2D eigenvalue weighted by molar-refractivity contribution is 5.34. The number of rotatable bonds is 6. The summed E-state index contributed by atoms with van der Waals surface area (Å²) in [6, 6.07) is 10.4. The first-order chi connectivity index (χ1) is 13.4. The van der Waals surface area contributed by atoms with Crippen LogP contribution in [0.2, 0.25) is 0 Å². The van der Waals surface area contributed by atoms with Crippen LogP contribution in [0.5, 0.6) is 5.75 Å². The maximum absolute atomic E-state index is 12.3. The largest absolute Gasteiger partial charge is 0.462 e. The first kappa shape index (κ1) is 20.5. The third-order valence-electron chi connectivity index (χ3n) is 4.87. The van der Waals surface area contributed by atoms with Gasteiger partial charge in [0, 0.05) is 17.8 Å². The molecule has 8 nitrogen and oxygen atoms in total. The highest BCUT2D eigenvalue weighted by Gasteiger charge is 2.44. The zero-order valence-corrected chi connectivity index (χ0v) is 15.5. The zero-order valence-electron chi connectivity index (χ0n) is 15.5. The van der Waals surface area contributed by atoms with Crippen molar-refractivity contribution in [2.75, 3.05) is 6.61 Å². The summed E-state index contributed by atoms with van der Waals surface area (Å²) in [6.45, 7) is 1.69. The fourth-order valence-corrected chi connectivity index (χ4v) is 3.12. The molecular weight excluding hydrogens is 366 g/mol. The maximum Gasteiger partial charge on any atom is 0.251 e. The Morgan fingerprint density at radius 3 is 2.54 bits per heavy atom. The molecule has 0 saturated carbocycles. The second-order valence-electron chi connectivity index (χ2n) is 6.78. The standard InChI is InChI=1S/C20H25NO7/c1-2-12-7-8-21(16(23)9-12)10-13-5-3-4-6-14(13)27-20-19(26)18(25)17(24)15(11-22)28-20/h3-9,15,17-20,22,24-26H,2,10-11H2,1H3/t15-,17-,18-,19+,20-/m1/s1. The molecule has 4 N–H and O–H groups in total. The van der Waals surface area contributed by atoms with Crippen molar-refractivity contribution in [2.24, 2.45) is 0 Å². The normalized spacial score (nSPS) is 27.5. The van der Waals surface area contributed by atoms with E-state index in [1.807, 2.05) is 13.0 Å². The minimum Gasteiger partial charge on any atom is -0.462 e. The number of benzene rings is 1. The molecule has 1 aromatic carbocycles. The SMILES string of the molecule is CCc1ccn(Cc2ccccc2O[C@@H]2O[C@H](CO)[C@@H](O)[C@@H](O)[C@@H]2O)c(=O)c1. The van der Waals surface area contributed by atoms with Gasteiger partial charge in [-0.25, -0.2) is 0 Å². The van der Waals surface area contributed by atoms with Crippen LogP contribution in [0, 0.1) is 0 Å². The summed E-state index contributed by atoms with van der Waals surface area (Å²) in [4.78, 5) is 12.3. The number of pyridine rings is 1. The summed E-state index contributed by atoms with van der Waals surface area (Å²) in [6.07, 6.45) is -4.33. The average molecular weight is 391 g/mol. The van der Waals surface area contributed by atoms with Crippen LogP contribution in [-0.2, 0) is 17.7 Å². The number of para-hydroxylation sites is 1. The van der Waals surface area contributed by atoms with Crippen LogP contribution in [-0.4, -0.2) is 62.3 Å². The van der Waals surface area contributed by atoms with Crippen molar-refractivity contribution in [3.63, 3.8) is 0 Å². The van der Waals surface area contributed by atoms with Gasteiger partial charge in [0.15, 0.2) is 0 Å². The van der Waals surface area contributed by atoms with Gasteiger partial charge in [-0.1, -0.05) is 25.1 Å². The van der Waals surface area contributed by atoms with Crippen LogP contribution in [0.4, 0.5) is 0 Å². The minimum absolute atomic E-state index is 0.137. The van der Waals surface area contributed by atoms with Crippen molar-refractivity contribution in [1.29, 1.82) is 0 Å². The summed E-state index contributed by atoms with van der Waals surface area (Å²) in [5.74, 6) is 0.360. The quantitative estimate of drug-likeness (QED) is 0.530. The lowest BCUT2D eigenvalue weighted by molar-refractivity contribution is -0.277. The van der Waals surface area contributed by atoms with E-state index in [1.165, 1.54) is 4.57 Å². The van der Waals surface area contributed by atoms with E-state index in [0.29, 0.717) is 11.3 Å². The predicted octanol–water partition coefficient (Wildman–Crippen LogP) is -0.362. The second-order valence-corrected chi connectivity index (χ2v) is 6.78. The number of aliphatic hydroxyl groups excluding tert-OH is 4. The van der Waals surface area contributed by atoms with Gasteiger partial charge in [0.05, 0.1) is 13.2 Å². The molecule has 0 aliphatic carbocycles. The van der Waals surface area contributed by atoms with Gasteiger partial charge in [-0.2, -0.15) is 0 Å². The second kappa shape index (κ2) is 8.85. The first-order valence-corrected chi connectivity index (χ1v) is 9.19. The molecular formula is C20H25NO7. The molecule has 0 spiro atoms. The summed E-state index contributed by atoms with van der Waals surface area (Å²) in [5, 5.41) is 39.3. The minimum atomic E-state index is -1.52. The Balaban J connectivity index is 1.82. The molecule has 2 aromatic rings. The highest BCUT2D eigenvalue weighted by atomic mass is 16.7. The number of aliphatic hydroxyl groups is 4. The number of aromatic nitrogens is 1. The third-order valence-corrected chi connectivity index (χ3v) is 4.87. The third kappa shape index (κ3) is 4.26.